The molecule has 1 unspecified atom stereocenters. The van der Waals surface area contributed by atoms with Crippen LogP contribution in [0.1, 0.15) is 35.2 Å². The molecule has 128 valence electrons. The van der Waals surface area contributed by atoms with Gasteiger partial charge in [0.15, 0.2) is 5.78 Å². The zero-order chi connectivity index (χ0) is 16.6. The predicted octanol–water partition coefficient (Wildman–Crippen LogP) is 5.87. The maximum absolute atomic E-state index is 12.7. The molecule has 0 amide bonds. The molecular formula is C23H22FeO. The van der Waals surface area contributed by atoms with Gasteiger partial charge in [0.05, 0.1) is 0 Å². The summed E-state index contributed by atoms with van der Waals surface area (Å²) in [5.41, 5.74) is 3.24. The van der Waals surface area contributed by atoms with E-state index in [0.717, 1.165) is 24.8 Å². The van der Waals surface area contributed by atoms with Crippen LogP contribution in [0.2, 0.25) is 0 Å². The van der Waals surface area contributed by atoms with Gasteiger partial charge in [-0.25, -0.2) is 12.1 Å². The summed E-state index contributed by atoms with van der Waals surface area (Å²) in [4.78, 5) is 12.7. The summed E-state index contributed by atoms with van der Waals surface area (Å²) in [6, 6.07) is 27.9. The second-order valence-corrected chi connectivity index (χ2v) is 6.01. The molecule has 0 saturated carbocycles. The van der Waals surface area contributed by atoms with Crippen LogP contribution in [0.25, 0.3) is 5.57 Å². The third-order valence-corrected chi connectivity index (χ3v) is 4.36. The van der Waals surface area contributed by atoms with E-state index in [9.17, 15) is 4.79 Å². The van der Waals surface area contributed by atoms with Gasteiger partial charge in [0.2, 0.25) is 0 Å². The minimum Gasteiger partial charge on any atom is -0.294 e. The molecule has 1 aliphatic rings. The van der Waals surface area contributed by atoms with Crippen LogP contribution in [0, 0.1) is 5.92 Å². The molecule has 0 bridgehead atoms. The van der Waals surface area contributed by atoms with Crippen LogP contribution in [0.3, 0.4) is 0 Å². The van der Waals surface area contributed by atoms with Gasteiger partial charge in [-0.3, -0.25) is 4.79 Å². The normalized spacial score (nSPS) is 16.0. The molecule has 0 aliphatic heterocycles. The SMILES string of the molecule is O=C(c1ccccc1)C1CCCC=C1[c-]1cccc1.[Fe+2].c1cc[cH-]c1. The van der Waals surface area contributed by atoms with Gasteiger partial charge in [-0.15, -0.1) is 23.3 Å². The Morgan fingerprint density at radius 1 is 0.960 bits per heavy atom. The van der Waals surface area contributed by atoms with Gasteiger partial charge in [-0.2, -0.15) is 36.4 Å². The van der Waals surface area contributed by atoms with Gasteiger partial charge in [0.25, 0.3) is 0 Å². The van der Waals surface area contributed by atoms with Crippen molar-refractivity contribution in [2.75, 3.05) is 0 Å². The molecule has 0 aromatic heterocycles. The van der Waals surface area contributed by atoms with E-state index in [1.54, 1.807) is 0 Å². The molecule has 4 rings (SSSR count). The molecule has 0 heterocycles. The molecule has 0 N–H and O–H groups in total. The number of rotatable bonds is 3. The fourth-order valence-corrected chi connectivity index (χ4v) is 3.16. The first kappa shape index (κ1) is 19.2. The maximum atomic E-state index is 12.7. The van der Waals surface area contributed by atoms with Crippen LogP contribution in [-0.2, 0) is 17.1 Å². The van der Waals surface area contributed by atoms with Gasteiger partial charge in [0, 0.05) is 11.5 Å². The van der Waals surface area contributed by atoms with Crippen LogP contribution in [0.4, 0.5) is 0 Å². The molecule has 3 aromatic carbocycles. The third kappa shape index (κ3) is 5.16. The van der Waals surface area contributed by atoms with Gasteiger partial charge < -0.3 is 0 Å². The number of Topliss-reactive ketones (excluding diaryl/α,β-unsaturated/α-hetero) is 1. The summed E-state index contributed by atoms with van der Waals surface area (Å²) >= 11 is 0. The Hall–Kier alpha value is -2.15. The average molecular weight is 370 g/mol. The second kappa shape index (κ2) is 9.98. The Balaban J connectivity index is 0.000000325. The fourth-order valence-electron chi connectivity index (χ4n) is 3.16. The van der Waals surface area contributed by atoms with Gasteiger partial charge in [-0.1, -0.05) is 43.2 Å². The van der Waals surface area contributed by atoms with Crippen molar-refractivity contribution >= 4 is 11.4 Å². The van der Waals surface area contributed by atoms with Crippen LogP contribution in [0.15, 0.2) is 91.0 Å². The Morgan fingerprint density at radius 2 is 1.64 bits per heavy atom. The van der Waals surface area contributed by atoms with Crippen molar-refractivity contribution in [3.63, 3.8) is 0 Å². The van der Waals surface area contributed by atoms with E-state index in [1.165, 1.54) is 11.1 Å². The summed E-state index contributed by atoms with van der Waals surface area (Å²) in [6.07, 6.45) is 5.39. The molecule has 1 aliphatic carbocycles. The van der Waals surface area contributed by atoms with Crippen molar-refractivity contribution in [1.29, 1.82) is 0 Å². The number of allylic oxidation sites excluding steroid dienone is 2. The van der Waals surface area contributed by atoms with Gasteiger partial charge in [0.1, 0.15) is 0 Å². The predicted molar refractivity (Wildman–Crippen MR) is 100 cm³/mol. The van der Waals surface area contributed by atoms with Crippen molar-refractivity contribution in [3.8, 4) is 0 Å². The van der Waals surface area contributed by atoms with Crippen LogP contribution < -0.4 is 0 Å². The van der Waals surface area contributed by atoms with E-state index in [-0.39, 0.29) is 28.8 Å². The Kier molecular flexibility index (Phi) is 7.66. The van der Waals surface area contributed by atoms with Crippen molar-refractivity contribution in [2.45, 2.75) is 19.3 Å². The summed E-state index contributed by atoms with van der Waals surface area (Å²) in [7, 11) is 0. The van der Waals surface area contributed by atoms with Crippen LogP contribution in [0.5, 0.6) is 0 Å². The first-order valence-electron chi connectivity index (χ1n) is 8.54. The zero-order valence-electron chi connectivity index (χ0n) is 14.1. The first-order chi connectivity index (χ1) is 11.9. The van der Waals surface area contributed by atoms with E-state index in [4.69, 9.17) is 0 Å². The summed E-state index contributed by atoms with van der Waals surface area (Å²) in [5.74, 6) is 0.284. The number of hydrogen-bond donors (Lipinski definition) is 0. The second-order valence-electron chi connectivity index (χ2n) is 6.01. The topological polar surface area (TPSA) is 17.1 Å². The molecule has 3 aromatic rings. The molecule has 25 heavy (non-hydrogen) atoms. The van der Waals surface area contributed by atoms with Crippen LogP contribution in [-0.4, -0.2) is 5.78 Å². The van der Waals surface area contributed by atoms with E-state index in [1.807, 2.05) is 72.8 Å². The molecule has 1 atom stereocenters. The van der Waals surface area contributed by atoms with Crippen molar-refractivity contribution in [2.24, 2.45) is 5.92 Å². The molecule has 1 nitrogen and oxygen atoms in total. The minimum atomic E-state index is 0. The Labute approximate surface area is 160 Å². The number of carbonyl (C=O) groups excluding carboxylic acids is 1. The molecular weight excluding hydrogens is 348 g/mol. The zero-order valence-corrected chi connectivity index (χ0v) is 15.2. The standard InChI is InChI=1S/C18H17O.C5H5.Fe/c19-18(15-10-2-1-3-11-15)17-13-7-6-12-16(17)14-8-4-5-9-14;1-2-4-5-3-1;/h1-5,8-12,17H,6-7,13H2;1-5H;/q2*-1;+2. The number of benzene rings is 1. The molecule has 0 saturated heterocycles. The van der Waals surface area contributed by atoms with Crippen LogP contribution >= 0.6 is 0 Å². The summed E-state index contributed by atoms with van der Waals surface area (Å²) in [5, 5.41) is 0. The van der Waals surface area contributed by atoms with E-state index >= 15 is 0 Å². The van der Waals surface area contributed by atoms with E-state index < -0.39 is 0 Å². The van der Waals surface area contributed by atoms with Gasteiger partial charge >= 0.3 is 17.1 Å². The monoisotopic (exact) mass is 370 g/mol. The molecule has 0 fully saturated rings. The van der Waals surface area contributed by atoms with E-state index in [0.29, 0.717) is 0 Å². The van der Waals surface area contributed by atoms with E-state index in [2.05, 4.69) is 18.2 Å². The smallest absolute Gasteiger partial charge is 0.294 e. The van der Waals surface area contributed by atoms with Crippen molar-refractivity contribution in [3.05, 3.63) is 102 Å². The third-order valence-electron chi connectivity index (χ3n) is 4.36. The molecule has 2 heteroatoms. The summed E-state index contributed by atoms with van der Waals surface area (Å²) < 4.78 is 0. The van der Waals surface area contributed by atoms with Crippen molar-refractivity contribution < 1.29 is 21.9 Å². The summed E-state index contributed by atoms with van der Waals surface area (Å²) in [6.45, 7) is 0. The Morgan fingerprint density at radius 3 is 2.24 bits per heavy atom. The quantitative estimate of drug-likeness (QED) is 0.320. The maximum Gasteiger partial charge on any atom is 2.00 e. The number of hydrogen-bond acceptors (Lipinski definition) is 1. The molecule has 0 spiro atoms. The largest absolute Gasteiger partial charge is 2.00 e. The van der Waals surface area contributed by atoms with Crippen molar-refractivity contribution in [1.82, 2.24) is 0 Å². The number of carbonyl (C=O) groups is 1. The first-order valence-corrected chi connectivity index (χ1v) is 8.54. The average Bonchev–Trinajstić information content (AvgIpc) is 3.38. The number of ketones is 1. The minimum absolute atomic E-state index is 0. The van der Waals surface area contributed by atoms with Gasteiger partial charge in [-0.05, 0) is 6.42 Å². The molecule has 0 radical (unpaired) electrons. The fraction of sp³-hybridized carbons (Fsp3) is 0.174. The Bertz CT molecular complexity index is 735.